The lowest BCUT2D eigenvalue weighted by molar-refractivity contribution is -0.137. The Morgan fingerprint density at radius 2 is 1.40 bits per heavy atom. The zero-order valence-electron chi connectivity index (χ0n) is 25.8. The maximum atomic E-state index is 15.0. The number of hydrogen-bond donors (Lipinski definition) is 1. The van der Waals surface area contributed by atoms with Crippen molar-refractivity contribution in [2.24, 2.45) is 4.99 Å². The van der Waals surface area contributed by atoms with Gasteiger partial charge in [-0.2, -0.15) is 0 Å². The van der Waals surface area contributed by atoms with Crippen molar-refractivity contribution < 1.29 is 24.2 Å². The lowest BCUT2D eigenvalue weighted by atomic mass is 9.81. The van der Waals surface area contributed by atoms with Gasteiger partial charge in [-0.3, -0.25) is 14.5 Å². The maximum Gasteiger partial charge on any atom is 0.262 e. The first-order chi connectivity index (χ1) is 23.1. The number of nitrogens with zero attached hydrogens (tertiary/aromatic N) is 2. The second kappa shape index (κ2) is 13.1. The molecule has 0 radical (unpaired) electrons. The standard InChI is InChI=1S/C40H34N2O5/c43-24-9-25-46-35-22-20-31(21-23-35)37-41-40(36(47-37)30-18-16-29(17-19-30)28-10-3-1-4-11-28)26-33-14-7-8-15-34(33)27-42(39(40)45)38(44)32-12-5-2-6-13-32/h1-8,10-23,36,43H,9,24-27H2/t36-,40-/m1/s1. The number of aliphatic imine (C=N–C) groups is 1. The Bertz CT molecular complexity index is 1910. The zero-order valence-corrected chi connectivity index (χ0v) is 25.8. The predicted molar refractivity (Wildman–Crippen MR) is 180 cm³/mol. The molecule has 0 bridgehead atoms. The molecule has 7 heteroatoms. The maximum absolute atomic E-state index is 15.0. The minimum atomic E-state index is -1.45. The van der Waals surface area contributed by atoms with Gasteiger partial charge < -0.3 is 14.6 Å². The Morgan fingerprint density at radius 1 is 0.787 bits per heavy atom. The van der Waals surface area contributed by atoms with Crippen molar-refractivity contribution in [1.82, 2.24) is 4.90 Å². The first-order valence-corrected chi connectivity index (χ1v) is 15.8. The summed E-state index contributed by atoms with van der Waals surface area (Å²) >= 11 is 0. The lowest BCUT2D eigenvalue weighted by Gasteiger charge is -2.32. The molecule has 5 aromatic carbocycles. The van der Waals surface area contributed by atoms with Crippen LogP contribution in [0.15, 0.2) is 138 Å². The highest BCUT2D eigenvalue weighted by atomic mass is 16.5. The van der Waals surface area contributed by atoms with E-state index in [1.165, 1.54) is 4.90 Å². The van der Waals surface area contributed by atoms with Gasteiger partial charge in [-0.15, -0.1) is 0 Å². The molecule has 0 saturated heterocycles. The second-order valence-electron chi connectivity index (χ2n) is 11.8. The summed E-state index contributed by atoms with van der Waals surface area (Å²) in [5.41, 5.74) is 4.41. The van der Waals surface area contributed by atoms with E-state index >= 15 is 0 Å². The quantitative estimate of drug-likeness (QED) is 0.152. The molecule has 0 saturated carbocycles. The van der Waals surface area contributed by atoms with Crippen LogP contribution in [-0.2, 0) is 22.5 Å². The number of fused-ring (bicyclic) bond motifs is 1. The van der Waals surface area contributed by atoms with Gasteiger partial charge in [0.25, 0.3) is 11.8 Å². The summed E-state index contributed by atoms with van der Waals surface area (Å²) < 4.78 is 12.4. The van der Waals surface area contributed by atoms with E-state index in [4.69, 9.17) is 19.6 Å². The summed E-state index contributed by atoms with van der Waals surface area (Å²) in [7, 11) is 0. The van der Waals surface area contributed by atoms with E-state index in [9.17, 15) is 9.59 Å². The van der Waals surface area contributed by atoms with Gasteiger partial charge in [-0.1, -0.05) is 97.1 Å². The summed E-state index contributed by atoms with van der Waals surface area (Å²) in [6, 6.07) is 42.2. The monoisotopic (exact) mass is 622 g/mol. The van der Waals surface area contributed by atoms with Crippen LogP contribution in [-0.4, -0.2) is 46.5 Å². The molecule has 234 valence electrons. The van der Waals surface area contributed by atoms with Gasteiger partial charge in [-0.05, 0) is 64.2 Å². The molecule has 7 nitrogen and oxygen atoms in total. The number of aliphatic hydroxyl groups excluding tert-OH is 1. The highest BCUT2D eigenvalue weighted by molar-refractivity contribution is 6.10. The molecule has 0 unspecified atom stereocenters. The number of hydrogen-bond acceptors (Lipinski definition) is 6. The van der Waals surface area contributed by atoms with E-state index in [-0.39, 0.29) is 25.5 Å². The molecule has 1 spiro atoms. The molecule has 0 aromatic heterocycles. The fourth-order valence-electron chi connectivity index (χ4n) is 6.30. The van der Waals surface area contributed by atoms with Gasteiger partial charge in [0.05, 0.1) is 13.2 Å². The Kier molecular flexibility index (Phi) is 8.38. The number of benzene rings is 5. The van der Waals surface area contributed by atoms with Crippen LogP contribution in [0.25, 0.3) is 11.1 Å². The minimum absolute atomic E-state index is 0.0550. The van der Waals surface area contributed by atoms with Gasteiger partial charge in [0.2, 0.25) is 5.90 Å². The van der Waals surface area contributed by atoms with Crippen molar-refractivity contribution in [2.75, 3.05) is 13.2 Å². The van der Waals surface area contributed by atoms with E-state index in [0.29, 0.717) is 35.8 Å². The Morgan fingerprint density at radius 3 is 2.11 bits per heavy atom. The van der Waals surface area contributed by atoms with Crippen LogP contribution in [0.3, 0.4) is 0 Å². The average molecular weight is 623 g/mol. The van der Waals surface area contributed by atoms with Gasteiger partial charge >= 0.3 is 0 Å². The fourth-order valence-corrected chi connectivity index (χ4v) is 6.30. The molecule has 1 N–H and O–H groups in total. The molecule has 7 rings (SSSR count). The van der Waals surface area contributed by atoms with Crippen LogP contribution >= 0.6 is 0 Å². The number of amides is 2. The van der Waals surface area contributed by atoms with E-state index in [1.807, 2.05) is 97.1 Å². The predicted octanol–water partition coefficient (Wildman–Crippen LogP) is 6.80. The fraction of sp³-hybridized carbons (Fsp3) is 0.175. The molecule has 47 heavy (non-hydrogen) atoms. The van der Waals surface area contributed by atoms with E-state index in [1.54, 1.807) is 24.3 Å². The molecule has 2 heterocycles. The number of ether oxygens (including phenoxy) is 2. The highest BCUT2D eigenvalue weighted by Crippen LogP contribution is 2.46. The van der Waals surface area contributed by atoms with Crippen molar-refractivity contribution in [1.29, 1.82) is 0 Å². The van der Waals surface area contributed by atoms with Gasteiger partial charge in [0.15, 0.2) is 11.6 Å². The van der Waals surface area contributed by atoms with Gasteiger partial charge in [-0.25, -0.2) is 4.99 Å². The first kappa shape index (κ1) is 30.1. The largest absolute Gasteiger partial charge is 0.494 e. The Labute approximate surface area is 273 Å². The smallest absolute Gasteiger partial charge is 0.262 e. The van der Waals surface area contributed by atoms with E-state index in [0.717, 1.165) is 27.8 Å². The molecule has 2 atom stereocenters. The Balaban J connectivity index is 1.34. The van der Waals surface area contributed by atoms with Crippen LogP contribution in [0.4, 0.5) is 0 Å². The molecule has 2 amide bonds. The van der Waals surface area contributed by atoms with Crippen LogP contribution < -0.4 is 4.74 Å². The summed E-state index contributed by atoms with van der Waals surface area (Å²) in [6.45, 7) is 0.588. The molecule has 5 aromatic rings. The van der Waals surface area contributed by atoms with Gasteiger partial charge in [0, 0.05) is 30.6 Å². The average Bonchev–Trinajstić information content (AvgIpc) is 3.46. The number of carbonyl (C=O) groups excluding carboxylic acids is 2. The minimum Gasteiger partial charge on any atom is -0.494 e. The third kappa shape index (κ3) is 5.93. The second-order valence-corrected chi connectivity index (χ2v) is 11.8. The molecular weight excluding hydrogens is 588 g/mol. The third-order valence-electron chi connectivity index (χ3n) is 8.75. The number of aliphatic hydroxyl groups is 1. The molecular formula is C40H34N2O5. The first-order valence-electron chi connectivity index (χ1n) is 15.8. The number of imide groups is 1. The summed E-state index contributed by atoms with van der Waals surface area (Å²) in [5, 5.41) is 9.10. The SMILES string of the molecule is O=C(c1ccccc1)N1Cc2ccccc2C[C@]2(N=C(c3ccc(OCCCO)cc3)O[C@@H]2c2ccc(-c3ccccc3)cc2)C1=O. The van der Waals surface area contributed by atoms with Crippen molar-refractivity contribution in [3.8, 4) is 16.9 Å². The highest BCUT2D eigenvalue weighted by Gasteiger charge is 2.57. The van der Waals surface area contributed by atoms with Crippen molar-refractivity contribution in [3.63, 3.8) is 0 Å². The van der Waals surface area contributed by atoms with Crippen molar-refractivity contribution >= 4 is 17.7 Å². The van der Waals surface area contributed by atoms with Crippen LogP contribution in [0.2, 0.25) is 0 Å². The summed E-state index contributed by atoms with van der Waals surface area (Å²) in [4.78, 5) is 35.5. The molecule has 2 aliphatic rings. The van der Waals surface area contributed by atoms with Crippen LogP contribution in [0.5, 0.6) is 5.75 Å². The van der Waals surface area contributed by atoms with Crippen molar-refractivity contribution in [2.45, 2.75) is 31.0 Å². The normalized spacial score (nSPS) is 18.7. The van der Waals surface area contributed by atoms with Crippen LogP contribution in [0, 0.1) is 0 Å². The molecule has 2 aliphatic heterocycles. The lowest BCUT2D eigenvalue weighted by Crippen LogP contribution is -2.51. The number of rotatable bonds is 8. The summed E-state index contributed by atoms with van der Waals surface area (Å²) in [6.07, 6.45) is -0.00279. The van der Waals surface area contributed by atoms with E-state index < -0.39 is 17.6 Å². The van der Waals surface area contributed by atoms with Crippen LogP contribution in [0.1, 0.15) is 45.1 Å². The molecule has 0 fully saturated rings. The van der Waals surface area contributed by atoms with E-state index in [2.05, 4.69) is 12.1 Å². The zero-order chi connectivity index (χ0) is 32.2. The topological polar surface area (TPSA) is 88.4 Å². The number of carbonyl (C=O) groups is 2. The summed E-state index contributed by atoms with van der Waals surface area (Å²) in [5.74, 6) is 0.197. The Hall–Kier alpha value is -5.53. The van der Waals surface area contributed by atoms with Gasteiger partial charge in [0.1, 0.15) is 5.75 Å². The van der Waals surface area contributed by atoms with Crippen molar-refractivity contribution in [3.05, 3.63) is 161 Å². The third-order valence-corrected chi connectivity index (χ3v) is 8.75. The molecule has 0 aliphatic carbocycles.